The van der Waals surface area contributed by atoms with E-state index < -0.39 is 0 Å². The van der Waals surface area contributed by atoms with Gasteiger partial charge in [-0.3, -0.25) is 0 Å². The number of rotatable bonds is 20. The fourth-order valence-corrected chi connectivity index (χ4v) is 3.06. The van der Waals surface area contributed by atoms with E-state index in [4.69, 9.17) is 9.78 Å². The SMILES string of the molecule is CCCCCCCCCCCCCC(CCCC)OOCCCC. The second-order valence-corrected chi connectivity index (χ2v) is 7.36. The fourth-order valence-electron chi connectivity index (χ4n) is 3.06. The molecule has 24 heavy (non-hydrogen) atoms. The molecule has 0 aromatic rings. The van der Waals surface area contributed by atoms with E-state index in [0.717, 1.165) is 19.4 Å². The van der Waals surface area contributed by atoms with Gasteiger partial charge in [0.25, 0.3) is 0 Å². The van der Waals surface area contributed by atoms with E-state index in [1.165, 1.54) is 96.3 Å². The highest BCUT2D eigenvalue weighted by Gasteiger charge is 2.09. The lowest BCUT2D eigenvalue weighted by Crippen LogP contribution is -2.14. The first kappa shape index (κ1) is 23.9. The first-order valence-corrected chi connectivity index (χ1v) is 11.1. The molecule has 0 aromatic carbocycles. The van der Waals surface area contributed by atoms with Crippen LogP contribution in [-0.2, 0) is 9.78 Å². The lowest BCUT2D eigenvalue weighted by Gasteiger charge is -2.16. The summed E-state index contributed by atoms with van der Waals surface area (Å²) in [5, 5.41) is 0. The Hall–Kier alpha value is -0.0800. The Labute approximate surface area is 153 Å². The Balaban J connectivity index is 3.44. The van der Waals surface area contributed by atoms with Crippen LogP contribution in [0.3, 0.4) is 0 Å². The molecule has 0 aromatic heterocycles. The molecule has 0 rings (SSSR count). The molecule has 0 aliphatic heterocycles. The monoisotopic (exact) mass is 342 g/mol. The Bertz CT molecular complexity index is 218. The Morgan fingerprint density at radius 1 is 0.500 bits per heavy atom. The van der Waals surface area contributed by atoms with Gasteiger partial charge >= 0.3 is 0 Å². The lowest BCUT2D eigenvalue weighted by molar-refractivity contribution is -0.326. The molecule has 2 nitrogen and oxygen atoms in total. The highest BCUT2D eigenvalue weighted by atomic mass is 17.2. The molecule has 1 unspecified atom stereocenters. The molecule has 0 radical (unpaired) electrons. The summed E-state index contributed by atoms with van der Waals surface area (Å²) in [5.74, 6) is 0. The number of hydrogen-bond acceptors (Lipinski definition) is 2. The molecule has 0 N–H and O–H groups in total. The molecule has 0 bridgehead atoms. The smallest absolute Gasteiger partial charge is 0.0930 e. The summed E-state index contributed by atoms with van der Waals surface area (Å²) < 4.78 is 0. The van der Waals surface area contributed by atoms with Gasteiger partial charge < -0.3 is 0 Å². The van der Waals surface area contributed by atoms with Crippen molar-refractivity contribution in [1.82, 2.24) is 0 Å². The quantitative estimate of drug-likeness (QED) is 0.127. The Morgan fingerprint density at radius 2 is 0.958 bits per heavy atom. The molecule has 0 aliphatic rings. The van der Waals surface area contributed by atoms with Crippen LogP contribution in [0.2, 0.25) is 0 Å². The number of hydrogen-bond donors (Lipinski definition) is 0. The summed E-state index contributed by atoms with van der Waals surface area (Å²) >= 11 is 0. The van der Waals surface area contributed by atoms with Crippen LogP contribution in [0.1, 0.15) is 130 Å². The van der Waals surface area contributed by atoms with Crippen LogP contribution in [0.15, 0.2) is 0 Å². The topological polar surface area (TPSA) is 18.5 Å². The molecular formula is C22H46O2. The minimum absolute atomic E-state index is 0.320. The van der Waals surface area contributed by atoms with Crippen molar-refractivity contribution in [3.05, 3.63) is 0 Å². The van der Waals surface area contributed by atoms with E-state index in [-0.39, 0.29) is 0 Å². The van der Waals surface area contributed by atoms with Gasteiger partial charge in [0.15, 0.2) is 0 Å². The van der Waals surface area contributed by atoms with Crippen molar-refractivity contribution in [2.24, 2.45) is 0 Å². The zero-order chi connectivity index (χ0) is 17.7. The maximum Gasteiger partial charge on any atom is 0.0930 e. The van der Waals surface area contributed by atoms with E-state index in [9.17, 15) is 0 Å². The fraction of sp³-hybridized carbons (Fsp3) is 1.00. The second-order valence-electron chi connectivity index (χ2n) is 7.36. The van der Waals surface area contributed by atoms with Crippen molar-refractivity contribution in [2.45, 2.75) is 136 Å². The molecule has 0 spiro atoms. The van der Waals surface area contributed by atoms with Crippen LogP contribution in [0.5, 0.6) is 0 Å². The van der Waals surface area contributed by atoms with Crippen LogP contribution in [0.4, 0.5) is 0 Å². The molecule has 1 atom stereocenters. The summed E-state index contributed by atoms with van der Waals surface area (Å²) in [6.45, 7) is 7.47. The summed E-state index contributed by atoms with van der Waals surface area (Å²) in [6.07, 6.45) is 22.8. The van der Waals surface area contributed by atoms with Gasteiger partial charge in [-0.25, -0.2) is 9.78 Å². The summed E-state index contributed by atoms with van der Waals surface area (Å²) in [6, 6.07) is 0. The van der Waals surface area contributed by atoms with Gasteiger partial charge in [0.05, 0.1) is 12.7 Å². The van der Waals surface area contributed by atoms with Gasteiger partial charge in [-0.1, -0.05) is 111 Å². The van der Waals surface area contributed by atoms with Crippen molar-refractivity contribution in [3.63, 3.8) is 0 Å². The molecule has 0 saturated carbocycles. The van der Waals surface area contributed by atoms with Crippen molar-refractivity contribution < 1.29 is 9.78 Å². The third-order valence-electron chi connectivity index (χ3n) is 4.79. The van der Waals surface area contributed by atoms with E-state index in [2.05, 4.69) is 20.8 Å². The molecule has 2 heteroatoms. The van der Waals surface area contributed by atoms with E-state index in [1.807, 2.05) is 0 Å². The maximum absolute atomic E-state index is 5.64. The average molecular weight is 343 g/mol. The van der Waals surface area contributed by atoms with E-state index in [1.54, 1.807) is 0 Å². The van der Waals surface area contributed by atoms with Crippen molar-refractivity contribution in [1.29, 1.82) is 0 Å². The third-order valence-corrected chi connectivity index (χ3v) is 4.79. The highest BCUT2D eigenvalue weighted by Crippen LogP contribution is 2.16. The largest absolute Gasteiger partial charge is 0.236 e. The van der Waals surface area contributed by atoms with Crippen LogP contribution in [-0.4, -0.2) is 12.7 Å². The normalized spacial score (nSPS) is 12.6. The van der Waals surface area contributed by atoms with Crippen LogP contribution >= 0.6 is 0 Å². The van der Waals surface area contributed by atoms with Gasteiger partial charge in [-0.05, 0) is 19.3 Å². The Kier molecular flexibility index (Phi) is 20.9. The average Bonchev–Trinajstić information content (AvgIpc) is 2.60. The molecule has 0 saturated heterocycles. The molecule has 146 valence electrons. The summed E-state index contributed by atoms with van der Waals surface area (Å²) in [7, 11) is 0. The van der Waals surface area contributed by atoms with Gasteiger partial charge in [0, 0.05) is 0 Å². The van der Waals surface area contributed by atoms with Gasteiger partial charge in [0.1, 0.15) is 0 Å². The van der Waals surface area contributed by atoms with Gasteiger partial charge in [0.2, 0.25) is 0 Å². The van der Waals surface area contributed by atoms with Gasteiger partial charge in [-0.15, -0.1) is 0 Å². The molecule has 0 heterocycles. The maximum atomic E-state index is 5.64. The third kappa shape index (κ3) is 18.3. The predicted octanol–water partition coefficient (Wildman–Crippen LogP) is 7.99. The predicted molar refractivity (Wildman–Crippen MR) is 106 cm³/mol. The number of unbranched alkanes of at least 4 members (excludes halogenated alkanes) is 12. The van der Waals surface area contributed by atoms with Crippen LogP contribution in [0, 0.1) is 0 Å². The van der Waals surface area contributed by atoms with Gasteiger partial charge in [-0.2, -0.15) is 0 Å². The zero-order valence-corrected chi connectivity index (χ0v) is 17.1. The van der Waals surface area contributed by atoms with E-state index in [0.29, 0.717) is 6.10 Å². The van der Waals surface area contributed by atoms with Crippen molar-refractivity contribution in [2.75, 3.05) is 6.61 Å². The first-order valence-electron chi connectivity index (χ1n) is 11.1. The molecule has 0 aliphatic carbocycles. The van der Waals surface area contributed by atoms with Crippen LogP contribution in [0.25, 0.3) is 0 Å². The second kappa shape index (κ2) is 21.0. The van der Waals surface area contributed by atoms with Crippen LogP contribution < -0.4 is 0 Å². The van der Waals surface area contributed by atoms with E-state index >= 15 is 0 Å². The molecule has 0 amide bonds. The van der Waals surface area contributed by atoms with Crippen molar-refractivity contribution in [3.8, 4) is 0 Å². The minimum atomic E-state index is 0.320. The molecule has 0 fully saturated rings. The zero-order valence-electron chi connectivity index (χ0n) is 17.1. The highest BCUT2D eigenvalue weighted by molar-refractivity contribution is 4.58. The lowest BCUT2D eigenvalue weighted by atomic mass is 10.0. The first-order chi connectivity index (χ1) is 11.8. The minimum Gasteiger partial charge on any atom is -0.236 e. The molecular weight excluding hydrogens is 296 g/mol. The van der Waals surface area contributed by atoms with Crippen molar-refractivity contribution >= 4 is 0 Å². The standard InChI is InChI=1S/C22H46O2/c1-4-7-10-11-12-13-14-15-16-17-18-20-22(19-8-5-2)24-23-21-9-6-3/h22H,4-21H2,1-3H3. The summed E-state index contributed by atoms with van der Waals surface area (Å²) in [5.41, 5.74) is 0. The summed E-state index contributed by atoms with van der Waals surface area (Å²) in [4.78, 5) is 11.0. The Morgan fingerprint density at radius 3 is 1.50 bits per heavy atom.